The number of hydrazine groups is 1. The molecule has 5 rings (SSSR count). The van der Waals surface area contributed by atoms with Crippen molar-refractivity contribution in [2.75, 3.05) is 50.6 Å². The number of pyridine rings is 1. The molecule has 2 aliphatic heterocycles. The smallest absolute Gasteiger partial charge is 0.288 e. The second-order valence-corrected chi connectivity index (χ2v) is 11.2. The Hall–Kier alpha value is -2.67. The molecule has 1 fully saturated rings. The third-order valence-electron chi connectivity index (χ3n) is 7.22. The molecule has 0 bridgehead atoms. The van der Waals surface area contributed by atoms with Crippen LogP contribution in [0.1, 0.15) is 18.4 Å². The van der Waals surface area contributed by atoms with Crippen molar-refractivity contribution in [2.45, 2.75) is 31.3 Å². The minimum Gasteiger partial charge on any atom is -0.386 e. The van der Waals surface area contributed by atoms with Crippen molar-refractivity contribution >= 4 is 34.2 Å². The van der Waals surface area contributed by atoms with Gasteiger partial charge >= 0.3 is 0 Å². The van der Waals surface area contributed by atoms with E-state index in [0.29, 0.717) is 36.5 Å². The van der Waals surface area contributed by atoms with Crippen LogP contribution in [0.2, 0.25) is 0 Å². The van der Waals surface area contributed by atoms with Crippen molar-refractivity contribution in [3.63, 3.8) is 0 Å². The summed E-state index contributed by atoms with van der Waals surface area (Å²) in [5.41, 5.74) is 7.96. The lowest BCUT2D eigenvalue weighted by molar-refractivity contribution is -0.319. The van der Waals surface area contributed by atoms with E-state index in [1.807, 2.05) is 53.1 Å². The number of thioether (sulfide) groups is 1. The zero-order chi connectivity index (χ0) is 26.9. The third-order valence-corrected chi connectivity index (χ3v) is 8.27. The first-order chi connectivity index (χ1) is 18.2. The number of anilines is 1. The van der Waals surface area contributed by atoms with E-state index in [9.17, 15) is 19.7 Å². The molecule has 0 unspecified atom stereocenters. The van der Waals surface area contributed by atoms with E-state index >= 15 is 0 Å². The Morgan fingerprint density at radius 3 is 2.66 bits per heavy atom. The van der Waals surface area contributed by atoms with E-state index in [1.54, 1.807) is 13.1 Å². The highest BCUT2D eigenvalue weighted by molar-refractivity contribution is 7.99. The Morgan fingerprint density at radius 1 is 1.21 bits per heavy atom. The van der Waals surface area contributed by atoms with Gasteiger partial charge in [0.05, 0.1) is 30.2 Å². The number of hydrogen-bond donors (Lipinski definition) is 5. The van der Waals surface area contributed by atoms with E-state index in [4.69, 9.17) is 4.98 Å². The molecule has 0 aliphatic carbocycles. The van der Waals surface area contributed by atoms with Crippen LogP contribution in [0.3, 0.4) is 0 Å². The third kappa shape index (κ3) is 5.98. The molecule has 0 amide bonds. The molecule has 0 spiro atoms. The SMILES string of the molecule is CNc1ccc(-c2ccc3c(CCN(CC(O)(O)O)C4CCSCC4)cn(C4=CN(C)NC4)c3n2)cc1F. The van der Waals surface area contributed by atoms with E-state index < -0.39 is 5.97 Å². The van der Waals surface area contributed by atoms with Crippen molar-refractivity contribution in [3.05, 3.63) is 54.1 Å². The number of nitrogens with zero attached hydrogens (tertiary/aromatic N) is 4. The van der Waals surface area contributed by atoms with Crippen LogP contribution in [0.5, 0.6) is 0 Å². The quantitative estimate of drug-likeness (QED) is 0.261. The van der Waals surface area contributed by atoms with Crippen LogP contribution in [0, 0.1) is 5.82 Å². The monoisotopic (exact) mass is 542 g/mol. The zero-order valence-corrected chi connectivity index (χ0v) is 22.5. The van der Waals surface area contributed by atoms with Gasteiger partial charge in [0, 0.05) is 50.0 Å². The first kappa shape index (κ1) is 26.9. The summed E-state index contributed by atoms with van der Waals surface area (Å²) in [6, 6.07) is 9.17. The number of nitrogens with one attached hydrogen (secondary N) is 2. The van der Waals surface area contributed by atoms with Crippen LogP contribution in [0.15, 0.2) is 42.7 Å². The average molecular weight is 543 g/mol. The highest BCUT2D eigenvalue weighted by Crippen LogP contribution is 2.30. The summed E-state index contributed by atoms with van der Waals surface area (Å²) < 4.78 is 16.6. The lowest BCUT2D eigenvalue weighted by Crippen LogP contribution is -2.49. The van der Waals surface area contributed by atoms with Gasteiger partial charge in [0.15, 0.2) is 0 Å². The van der Waals surface area contributed by atoms with E-state index in [1.165, 1.54) is 6.07 Å². The van der Waals surface area contributed by atoms with Crippen LogP contribution < -0.4 is 10.7 Å². The largest absolute Gasteiger partial charge is 0.386 e. The van der Waals surface area contributed by atoms with Crippen LogP contribution in [-0.4, -0.2) is 92.0 Å². The van der Waals surface area contributed by atoms with Crippen molar-refractivity contribution in [1.82, 2.24) is 24.9 Å². The van der Waals surface area contributed by atoms with Crippen molar-refractivity contribution in [1.29, 1.82) is 0 Å². The Bertz CT molecular complexity index is 1320. The molecule has 38 heavy (non-hydrogen) atoms. The van der Waals surface area contributed by atoms with Gasteiger partial charge in [-0.25, -0.2) is 14.8 Å². The zero-order valence-electron chi connectivity index (χ0n) is 21.7. The lowest BCUT2D eigenvalue weighted by Gasteiger charge is -2.36. The minimum atomic E-state index is -2.74. The van der Waals surface area contributed by atoms with Crippen LogP contribution >= 0.6 is 11.8 Å². The van der Waals surface area contributed by atoms with E-state index in [-0.39, 0.29) is 18.4 Å². The van der Waals surface area contributed by atoms with Crippen molar-refractivity contribution in [2.24, 2.45) is 0 Å². The Balaban J connectivity index is 1.49. The van der Waals surface area contributed by atoms with Crippen LogP contribution in [0.25, 0.3) is 28.0 Å². The molecule has 3 aromatic rings. The maximum absolute atomic E-state index is 14.5. The molecule has 5 N–H and O–H groups in total. The second kappa shape index (κ2) is 11.2. The second-order valence-electron chi connectivity index (χ2n) is 9.94. The average Bonchev–Trinajstić information content (AvgIpc) is 3.49. The molecule has 4 heterocycles. The van der Waals surface area contributed by atoms with Gasteiger partial charge in [0.1, 0.15) is 11.5 Å². The predicted molar refractivity (Wildman–Crippen MR) is 150 cm³/mol. The molecular formula is C27H35FN6O3S. The van der Waals surface area contributed by atoms with E-state index in [2.05, 4.69) is 21.5 Å². The Morgan fingerprint density at radius 2 is 2.00 bits per heavy atom. The fraction of sp³-hybridized carbons (Fsp3) is 0.444. The first-order valence-electron chi connectivity index (χ1n) is 12.9. The molecule has 204 valence electrons. The number of aromatic nitrogens is 2. The van der Waals surface area contributed by atoms with Gasteiger partial charge in [0.25, 0.3) is 5.97 Å². The molecule has 9 nitrogen and oxygen atoms in total. The van der Waals surface area contributed by atoms with Gasteiger partial charge < -0.3 is 30.2 Å². The van der Waals surface area contributed by atoms with Crippen LogP contribution in [-0.2, 0) is 6.42 Å². The molecule has 2 aliphatic rings. The maximum Gasteiger partial charge on any atom is 0.288 e. The summed E-state index contributed by atoms with van der Waals surface area (Å²) in [5.74, 6) is -1.03. The van der Waals surface area contributed by atoms with E-state index in [0.717, 1.165) is 46.6 Å². The first-order valence-corrected chi connectivity index (χ1v) is 14.0. The summed E-state index contributed by atoms with van der Waals surface area (Å²) in [7, 11) is 3.63. The molecular weight excluding hydrogens is 507 g/mol. The fourth-order valence-corrected chi connectivity index (χ4v) is 6.35. The predicted octanol–water partition coefficient (Wildman–Crippen LogP) is 2.50. The summed E-state index contributed by atoms with van der Waals surface area (Å²) >= 11 is 1.90. The summed E-state index contributed by atoms with van der Waals surface area (Å²) in [6.45, 7) is 0.982. The number of hydrogen-bond acceptors (Lipinski definition) is 9. The highest BCUT2D eigenvalue weighted by atomic mass is 32.2. The molecule has 2 aromatic heterocycles. The normalized spacial score (nSPS) is 17.0. The van der Waals surface area contributed by atoms with Gasteiger partial charge in [-0.3, -0.25) is 4.90 Å². The Labute approximate surface area is 225 Å². The number of aliphatic hydroxyl groups is 3. The molecule has 0 saturated carbocycles. The summed E-state index contributed by atoms with van der Waals surface area (Å²) in [4.78, 5) is 6.95. The standard InChI is InChI=1S/C27H35FN6O3S/c1-29-25-5-3-18(13-23(25)28)24-6-4-22-19(15-34(26(22)31-24)21-14-30-32(2)16-21)7-10-33(17-27(35,36)37)20-8-11-38-12-9-20/h3-6,13,15-16,20,29-30,35-37H,7-12,14,17H2,1-2H3. The number of benzene rings is 1. The fourth-order valence-electron chi connectivity index (χ4n) is 5.27. The van der Waals surface area contributed by atoms with Gasteiger partial charge in [-0.05, 0) is 60.6 Å². The van der Waals surface area contributed by atoms with Gasteiger partial charge in [-0.1, -0.05) is 6.07 Å². The van der Waals surface area contributed by atoms with Crippen molar-refractivity contribution < 1.29 is 19.7 Å². The molecule has 0 radical (unpaired) electrons. The lowest BCUT2D eigenvalue weighted by atomic mass is 10.1. The van der Waals surface area contributed by atoms with Crippen molar-refractivity contribution in [3.8, 4) is 11.3 Å². The molecule has 1 aromatic carbocycles. The van der Waals surface area contributed by atoms with Crippen LogP contribution in [0.4, 0.5) is 10.1 Å². The van der Waals surface area contributed by atoms with Gasteiger partial charge in [0.2, 0.25) is 0 Å². The molecule has 0 atom stereocenters. The number of rotatable bonds is 9. The van der Waals surface area contributed by atoms with Gasteiger partial charge in [-0.15, -0.1) is 0 Å². The highest BCUT2D eigenvalue weighted by Gasteiger charge is 2.29. The maximum atomic E-state index is 14.5. The molecule has 11 heteroatoms. The number of fused-ring (bicyclic) bond motifs is 1. The number of halogens is 1. The summed E-state index contributed by atoms with van der Waals surface area (Å²) in [5, 5.41) is 35.0. The Kier molecular flexibility index (Phi) is 7.94. The topological polar surface area (TPSA) is 109 Å². The minimum absolute atomic E-state index is 0.186. The van der Waals surface area contributed by atoms with Gasteiger partial charge in [-0.2, -0.15) is 11.8 Å². The molecule has 1 saturated heterocycles. The summed E-state index contributed by atoms with van der Waals surface area (Å²) in [6.07, 6.45) is 6.63.